The van der Waals surface area contributed by atoms with Crippen LogP contribution in [0.5, 0.6) is 0 Å². The van der Waals surface area contributed by atoms with E-state index in [2.05, 4.69) is 9.53 Å². The van der Waals surface area contributed by atoms with Crippen LogP contribution in [-0.4, -0.2) is 34.1 Å². The van der Waals surface area contributed by atoms with E-state index in [4.69, 9.17) is 5.53 Å². The zero-order chi connectivity index (χ0) is 10.6. The van der Waals surface area contributed by atoms with Gasteiger partial charge >= 0.3 is 17.6 Å². The van der Waals surface area contributed by atoms with Crippen LogP contribution in [0, 0.1) is 0 Å². The number of rotatable bonds is 2. The molecule has 0 fully saturated rings. The highest BCUT2D eigenvalue weighted by Crippen LogP contribution is 1.92. The molecule has 0 aliphatic rings. The number of aromatic nitrogens is 1. The van der Waals surface area contributed by atoms with Crippen LogP contribution in [0.15, 0.2) is 24.5 Å². The Kier molecular flexibility index (Phi) is 2.93. The van der Waals surface area contributed by atoms with Gasteiger partial charge in [0.15, 0.2) is 0 Å². The fourth-order valence-electron chi connectivity index (χ4n) is 0.860. The molecule has 1 rings (SSSR count). The molecule has 0 aliphatic heterocycles. The van der Waals surface area contributed by atoms with Gasteiger partial charge in [-0.25, -0.2) is 4.79 Å². The van der Waals surface area contributed by atoms with Gasteiger partial charge < -0.3 is 10.3 Å². The summed E-state index contributed by atoms with van der Waals surface area (Å²) < 4.78 is 5.36. The third-order valence-electron chi connectivity index (χ3n) is 1.52. The lowest BCUT2D eigenvalue weighted by molar-refractivity contribution is -0.137. The highest BCUT2D eigenvalue weighted by atomic mass is 16.5. The maximum Gasteiger partial charge on any atom is 0.463 e. The Morgan fingerprint density at radius 3 is 2.36 bits per heavy atom. The molecule has 0 aromatic carbocycles. The summed E-state index contributed by atoms with van der Waals surface area (Å²) in [6.07, 6.45) is 2.85. The van der Waals surface area contributed by atoms with Crippen LogP contribution in [-0.2, 0) is 9.53 Å². The van der Waals surface area contributed by atoms with Gasteiger partial charge in [-0.2, -0.15) is 4.79 Å². The Morgan fingerprint density at radius 1 is 1.36 bits per heavy atom. The summed E-state index contributed by atoms with van der Waals surface area (Å²) in [5.74, 6) is -1.73. The summed E-state index contributed by atoms with van der Waals surface area (Å²) in [5, 5.41) is 0. The van der Waals surface area contributed by atoms with Crippen molar-refractivity contribution in [1.82, 2.24) is 4.57 Å². The second-order valence-corrected chi connectivity index (χ2v) is 2.34. The average molecular weight is 193 g/mol. The van der Waals surface area contributed by atoms with E-state index in [0.717, 1.165) is 11.7 Å². The molecule has 0 saturated heterocycles. The minimum absolute atomic E-state index is 0.663. The van der Waals surface area contributed by atoms with Crippen LogP contribution in [0.2, 0.25) is 0 Å². The maximum atomic E-state index is 11.4. The number of carbonyl (C=O) groups is 2. The lowest BCUT2D eigenvalue weighted by Gasteiger charge is -1.95. The quantitative estimate of drug-likeness (QED) is 0.217. The van der Waals surface area contributed by atoms with Gasteiger partial charge in [0.2, 0.25) is 0 Å². The molecule has 0 radical (unpaired) electrons. The highest BCUT2D eigenvalue weighted by molar-refractivity contribution is 6.62. The number of methoxy groups -OCH3 is 1. The summed E-state index contributed by atoms with van der Waals surface area (Å²) in [4.78, 5) is 24.9. The molecule has 0 unspecified atom stereocenters. The number of ether oxygens (including phenoxy) is 1. The highest BCUT2D eigenvalue weighted by Gasteiger charge is 2.31. The van der Waals surface area contributed by atoms with Gasteiger partial charge in [0.25, 0.3) is 0 Å². The molecule has 14 heavy (non-hydrogen) atoms. The van der Waals surface area contributed by atoms with Gasteiger partial charge in [-0.15, -0.1) is 0 Å². The normalized spacial score (nSPS) is 8.93. The van der Waals surface area contributed by atoms with Crippen molar-refractivity contribution in [3.8, 4) is 0 Å². The zero-order valence-electron chi connectivity index (χ0n) is 7.38. The molecule has 0 aliphatic carbocycles. The van der Waals surface area contributed by atoms with Gasteiger partial charge in [-0.3, -0.25) is 9.36 Å². The molecule has 0 atom stereocenters. The SMILES string of the molecule is COC(=O)C(=[N+]=[N-])C(=O)n1cccc1. The first-order chi connectivity index (χ1) is 6.70. The summed E-state index contributed by atoms with van der Waals surface area (Å²) >= 11 is 0. The zero-order valence-corrected chi connectivity index (χ0v) is 7.38. The standard InChI is InChI=1S/C8H7N3O3/c1-14-8(13)6(10-9)7(12)11-4-2-3-5-11/h2-5H,1H3. The molecule has 72 valence electrons. The van der Waals surface area contributed by atoms with Gasteiger partial charge in [0.1, 0.15) is 0 Å². The van der Waals surface area contributed by atoms with Crippen molar-refractivity contribution in [2.24, 2.45) is 0 Å². The summed E-state index contributed by atoms with van der Waals surface area (Å²) in [7, 11) is 1.09. The van der Waals surface area contributed by atoms with Crippen LogP contribution in [0.1, 0.15) is 4.79 Å². The molecule has 1 heterocycles. The predicted molar refractivity (Wildman–Crippen MR) is 45.7 cm³/mol. The minimum Gasteiger partial charge on any atom is -0.460 e. The molecule has 0 amide bonds. The van der Waals surface area contributed by atoms with Gasteiger partial charge in [0.05, 0.1) is 7.11 Å². The topological polar surface area (TPSA) is 84.7 Å². The third kappa shape index (κ3) is 1.75. The van der Waals surface area contributed by atoms with Crippen molar-refractivity contribution in [2.45, 2.75) is 0 Å². The first-order valence-electron chi connectivity index (χ1n) is 3.68. The molecular formula is C8H7N3O3. The van der Waals surface area contributed by atoms with E-state index in [9.17, 15) is 9.59 Å². The first kappa shape index (κ1) is 9.88. The van der Waals surface area contributed by atoms with Crippen LogP contribution < -0.4 is 0 Å². The molecule has 1 aromatic heterocycles. The van der Waals surface area contributed by atoms with Crippen molar-refractivity contribution in [3.05, 3.63) is 30.1 Å². The Labute approximate surface area is 79.3 Å². The summed E-state index contributed by atoms with van der Waals surface area (Å²) in [6, 6.07) is 3.20. The fourth-order valence-corrected chi connectivity index (χ4v) is 0.860. The van der Waals surface area contributed by atoms with E-state index >= 15 is 0 Å². The van der Waals surface area contributed by atoms with Crippen molar-refractivity contribution in [2.75, 3.05) is 7.11 Å². The summed E-state index contributed by atoms with van der Waals surface area (Å²) in [5.41, 5.74) is 7.79. The lowest BCUT2D eigenvalue weighted by atomic mass is 10.3. The van der Waals surface area contributed by atoms with E-state index in [1.165, 1.54) is 12.4 Å². The van der Waals surface area contributed by atoms with E-state index < -0.39 is 17.6 Å². The van der Waals surface area contributed by atoms with Gasteiger partial charge in [-0.1, -0.05) is 0 Å². The second-order valence-electron chi connectivity index (χ2n) is 2.34. The fraction of sp³-hybridized carbons (Fsp3) is 0.125. The van der Waals surface area contributed by atoms with Crippen LogP contribution >= 0.6 is 0 Å². The number of nitrogens with zero attached hydrogens (tertiary/aromatic N) is 3. The largest absolute Gasteiger partial charge is 0.463 e. The van der Waals surface area contributed by atoms with Crippen molar-refractivity contribution >= 4 is 17.6 Å². The van der Waals surface area contributed by atoms with Crippen LogP contribution in [0.4, 0.5) is 0 Å². The molecular weight excluding hydrogens is 186 g/mol. The molecule has 0 N–H and O–H groups in total. The number of hydrogen-bond donors (Lipinski definition) is 0. The van der Waals surface area contributed by atoms with Crippen molar-refractivity contribution in [3.63, 3.8) is 0 Å². The van der Waals surface area contributed by atoms with E-state index in [1.54, 1.807) is 12.1 Å². The second kappa shape index (κ2) is 4.15. The number of esters is 1. The average Bonchev–Trinajstić information content (AvgIpc) is 2.71. The molecule has 6 nitrogen and oxygen atoms in total. The van der Waals surface area contributed by atoms with Crippen molar-refractivity contribution in [1.29, 1.82) is 0 Å². The minimum atomic E-state index is -0.980. The van der Waals surface area contributed by atoms with Crippen LogP contribution in [0.3, 0.4) is 0 Å². The van der Waals surface area contributed by atoms with Crippen molar-refractivity contribution < 1.29 is 19.1 Å². The van der Waals surface area contributed by atoms with E-state index in [1.807, 2.05) is 0 Å². The van der Waals surface area contributed by atoms with E-state index in [-0.39, 0.29) is 0 Å². The maximum absolute atomic E-state index is 11.4. The number of carbonyl (C=O) groups excluding carboxylic acids is 2. The first-order valence-corrected chi connectivity index (χ1v) is 3.68. The predicted octanol–water partition coefficient (Wildman–Crippen LogP) is -0.0279. The van der Waals surface area contributed by atoms with E-state index in [0.29, 0.717) is 0 Å². The Morgan fingerprint density at radius 2 is 1.93 bits per heavy atom. The smallest absolute Gasteiger partial charge is 0.460 e. The number of hydrogen-bond acceptors (Lipinski definition) is 3. The van der Waals surface area contributed by atoms with Crippen LogP contribution in [0.25, 0.3) is 5.53 Å². The molecule has 6 heteroatoms. The molecule has 1 aromatic rings. The lowest BCUT2D eigenvalue weighted by Crippen LogP contribution is -2.30. The van der Waals surface area contributed by atoms with Gasteiger partial charge in [-0.05, 0) is 12.1 Å². The summed E-state index contributed by atoms with van der Waals surface area (Å²) in [6.45, 7) is 0. The molecule has 0 bridgehead atoms. The Balaban J connectivity index is 3.00. The molecule has 0 spiro atoms. The third-order valence-corrected chi connectivity index (χ3v) is 1.52. The molecule has 0 saturated carbocycles. The van der Waals surface area contributed by atoms with Gasteiger partial charge in [0, 0.05) is 12.4 Å². The Bertz CT molecular complexity index is 401. The monoisotopic (exact) mass is 193 g/mol. The Hall–Kier alpha value is -2.20.